The third-order valence-corrected chi connectivity index (χ3v) is 5.87. The van der Waals surface area contributed by atoms with Gasteiger partial charge in [0.05, 0.1) is 5.69 Å². The third kappa shape index (κ3) is 3.16. The van der Waals surface area contributed by atoms with Crippen LogP contribution in [0.25, 0.3) is 0 Å². The molecule has 0 aliphatic carbocycles. The van der Waals surface area contributed by atoms with Crippen LogP contribution in [0.5, 0.6) is 0 Å². The lowest BCUT2D eigenvalue weighted by atomic mass is 9.97. The summed E-state index contributed by atoms with van der Waals surface area (Å²) < 4.78 is 27.5. The first-order valence-electron chi connectivity index (χ1n) is 6.20. The van der Waals surface area contributed by atoms with Gasteiger partial charge in [0.15, 0.2) is 0 Å². The van der Waals surface area contributed by atoms with Crippen LogP contribution in [0.3, 0.4) is 0 Å². The Morgan fingerprint density at radius 1 is 1.21 bits per heavy atom. The van der Waals surface area contributed by atoms with E-state index in [0.717, 1.165) is 12.0 Å². The summed E-state index contributed by atoms with van der Waals surface area (Å²) in [5.74, 6) is 0.322. The average Bonchev–Trinajstić information content (AvgIpc) is 2.93. The number of anilines is 1. The summed E-state index contributed by atoms with van der Waals surface area (Å²) in [6.45, 7) is 4.19. The molecule has 1 N–H and O–H groups in total. The second-order valence-corrected chi connectivity index (χ2v) is 7.29. The minimum Gasteiger partial charge on any atom is -0.279 e. The fraction of sp³-hybridized carbons (Fsp3) is 0.286. The zero-order chi connectivity index (χ0) is 13.9. The van der Waals surface area contributed by atoms with Gasteiger partial charge in [0, 0.05) is 0 Å². The number of nitrogens with one attached hydrogen (secondary N) is 1. The topological polar surface area (TPSA) is 46.2 Å². The van der Waals surface area contributed by atoms with E-state index >= 15 is 0 Å². The standard InChI is InChI=1S/C14H17NO2S2/c1-3-11(2)12-7-4-5-8-13(12)15-19(16,17)14-9-6-10-18-14/h4-11,15H,3H2,1-2H3/t11-/m1/s1. The molecular formula is C14H17NO2S2. The number of para-hydroxylation sites is 1. The Balaban J connectivity index is 2.34. The predicted molar refractivity (Wildman–Crippen MR) is 80.3 cm³/mol. The van der Waals surface area contributed by atoms with Crippen LogP contribution < -0.4 is 4.72 Å². The predicted octanol–water partition coefficient (Wildman–Crippen LogP) is 4.06. The summed E-state index contributed by atoms with van der Waals surface area (Å²) in [6.07, 6.45) is 0.970. The van der Waals surface area contributed by atoms with Crippen molar-refractivity contribution in [2.45, 2.75) is 30.4 Å². The second kappa shape index (κ2) is 5.75. The van der Waals surface area contributed by atoms with Gasteiger partial charge in [-0.25, -0.2) is 8.42 Å². The van der Waals surface area contributed by atoms with Crippen LogP contribution in [0.4, 0.5) is 5.69 Å². The van der Waals surface area contributed by atoms with Crippen molar-refractivity contribution in [1.82, 2.24) is 0 Å². The van der Waals surface area contributed by atoms with Gasteiger partial charge in [-0.2, -0.15) is 0 Å². The molecule has 2 rings (SSSR count). The van der Waals surface area contributed by atoms with E-state index in [-0.39, 0.29) is 0 Å². The first kappa shape index (κ1) is 14.1. The molecule has 3 nitrogen and oxygen atoms in total. The van der Waals surface area contributed by atoms with Gasteiger partial charge in [0.25, 0.3) is 10.0 Å². The molecule has 19 heavy (non-hydrogen) atoms. The molecule has 1 aromatic carbocycles. The Morgan fingerprint density at radius 2 is 1.95 bits per heavy atom. The van der Waals surface area contributed by atoms with Crippen LogP contribution in [-0.4, -0.2) is 8.42 Å². The minimum absolute atomic E-state index is 0.322. The fourth-order valence-corrected chi connectivity index (χ4v) is 3.93. The molecular weight excluding hydrogens is 278 g/mol. The van der Waals surface area contributed by atoms with Gasteiger partial charge in [0.1, 0.15) is 4.21 Å². The van der Waals surface area contributed by atoms with E-state index in [1.54, 1.807) is 17.5 Å². The van der Waals surface area contributed by atoms with Crippen LogP contribution in [0.15, 0.2) is 46.0 Å². The second-order valence-electron chi connectivity index (χ2n) is 4.43. The van der Waals surface area contributed by atoms with E-state index in [4.69, 9.17) is 0 Å². The van der Waals surface area contributed by atoms with E-state index in [2.05, 4.69) is 18.6 Å². The number of sulfonamides is 1. The van der Waals surface area contributed by atoms with Crippen molar-refractivity contribution < 1.29 is 8.42 Å². The largest absolute Gasteiger partial charge is 0.279 e. The van der Waals surface area contributed by atoms with Crippen molar-refractivity contribution in [3.05, 3.63) is 47.3 Å². The Kier molecular flexibility index (Phi) is 4.27. The lowest BCUT2D eigenvalue weighted by molar-refractivity contribution is 0.603. The van der Waals surface area contributed by atoms with E-state index in [9.17, 15) is 8.42 Å². The van der Waals surface area contributed by atoms with Gasteiger partial charge in [-0.1, -0.05) is 38.1 Å². The number of hydrogen-bond donors (Lipinski definition) is 1. The normalized spacial score (nSPS) is 13.2. The van der Waals surface area contributed by atoms with Crippen molar-refractivity contribution in [3.8, 4) is 0 Å². The Bertz CT molecular complexity index is 633. The molecule has 1 heterocycles. The molecule has 0 amide bonds. The lowest BCUT2D eigenvalue weighted by Gasteiger charge is -2.15. The number of rotatable bonds is 5. The number of thiophene rings is 1. The third-order valence-electron chi connectivity index (χ3n) is 3.11. The van der Waals surface area contributed by atoms with Crippen molar-refractivity contribution in [3.63, 3.8) is 0 Å². The van der Waals surface area contributed by atoms with Crippen LogP contribution in [0, 0.1) is 0 Å². The summed E-state index contributed by atoms with van der Waals surface area (Å²) in [7, 11) is -3.47. The molecule has 1 atom stereocenters. The molecule has 0 spiro atoms. The number of hydrogen-bond acceptors (Lipinski definition) is 3. The molecule has 0 unspecified atom stereocenters. The molecule has 0 aliphatic heterocycles. The highest BCUT2D eigenvalue weighted by atomic mass is 32.2. The zero-order valence-corrected chi connectivity index (χ0v) is 12.6. The lowest BCUT2D eigenvalue weighted by Crippen LogP contribution is -2.13. The van der Waals surface area contributed by atoms with Crippen molar-refractivity contribution in [2.24, 2.45) is 0 Å². The van der Waals surface area contributed by atoms with Gasteiger partial charge in [-0.15, -0.1) is 11.3 Å². The smallest absolute Gasteiger partial charge is 0.271 e. The van der Waals surface area contributed by atoms with Gasteiger partial charge in [0.2, 0.25) is 0 Å². The molecule has 0 saturated heterocycles. The Morgan fingerprint density at radius 3 is 2.58 bits per heavy atom. The monoisotopic (exact) mass is 295 g/mol. The van der Waals surface area contributed by atoms with Gasteiger partial charge in [-0.3, -0.25) is 4.72 Å². The highest BCUT2D eigenvalue weighted by Crippen LogP contribution is 2.29. The maximum Gasteiger partial charge on any atom is 0.271 e. The van der Waals surface area contributed by atoms with Gasteiger partial charge < -0.3 is 0 Å². The molecule has 0 radical (unpaired) electrons. The summed E-state index contributed by atoms with van der Waals surface area (Å²) in [4.78, 5) is 0. The summed E-state index contributed by atoms with van der Waals surface area (Å²) >= 11 is 1.22. The van der Waals surface area contributed by atoms with Gasteiger partial charge >= 0.3 is 0 Å². The summed E-state index contributed by atoms with van der Waals surface area (Å²) in [5, 5.41) is 1.76. The van der Waals surface area contributed by atoms with E-state index < -0.39 is 10.0 Å². The Hall–Kier alpha value is -1.33. The van der Waals surface area contributed by atoms with E-state index in [1.807, 2.05) is 24.3 Å². The molecule has 102 valence electrons. The molecule has 2 aromatic rings. The zero-order valence-electron chi connectivity index (χ0n) is 11.0. The molecule has 0 bridgehead atoms. The SMILES string of the molecule is CC[C@@H](C)c1ccccc1NS(=O)(=O)c1cccs1. The summed E-state index contributed by atoms with van der Waals surface area (Å²) in [5.41, 5.74) is 1.70. The number of benzene rings is 1. The maximum atomic E-state index is 12.2. The molecule has 5 heteroatoms. The first-order chi connectivity index (χ1) is 9.04. The summed E-state index contributed by atoms with van der Waals surface area (Å²) in [6, 6.07) is 10.9. The molecule has 0 aliphatic rings. The Labute approximate surface area is 118 Å². The average molecular weight is 295 g/mol. The highest BCUT2D eigenvalue weighted by Gasteiger charge is 2.18. The quantitative estimate of drug-likeness (QED) is 0.904. The first-order valence-corrected chi connectivity index (χ1v) is 8.56. The van der Waals surface area contributed by atoms with Crippen molar-refractivity contribution >= 4 is 27.0 Å². The van der Waals surface area contributed by atoms with Gasteiger partial charge in [-0.05, 0) is 35.4 Å². The van der Waals surface area contributed by atoms with Crippen LogP contribution in [-0.2, 0) is 10.0 Å². The molecule has 1 aromatic heterocycles. The highest BCUT2D eigenvalue weighted by molar-refractivity contribution is 7.94. The van der Waals surface area contributed by atoms with Crippen molar-refractivity contribution in [2.75, 3.05) is 4.72 Å². The van der Waals surface area contributed by atoms with Crippen molar-refractivity contribution in [1.29, 1.82) is 0 Å². The minimum atomic E-state index is -3.47. The van der Waals surface area contributed by atoms with E-state index in [0.29, 0.717) is 15.8 Å². The maximum absolute atomic E-state index is 12.2. The fourth-order valence-electron chi connectivity index (χ4n) is 1.85. The van der Waals surface area contributed by atoms with E-state index in [1.165, 1.54) is 11.3 Å². The van der Waals surface area contributed by atoms with Crippen LogP contribution in [0.1, 0.15) is 31.7 Å². The van der Waals surface area contributed by atoms with Crippen LogP contribution in [0.2, 0.25) is 0 Å². The molecule has 0 saturated carbocycles. The molecule has 0 fully saturated rings. The van der Waals surface area contributed by atoms with Crippen LogP contribution >= 0.6 is 11.3 Å².